The van der Waals surface area contributed by atoms with Crippen LogP contribution in [0.2, 0.25) is 0 Å². The van der Waals surface area contributed by atoms with Gasteiger partial charge in [-0.3, -0.25) is 33.9 Å². The summed E-state index contributed by atoms with van der Waals surface area (Å²) in [5.74, 6) is -1.75. The smallest absolute Gasteiger partial charge is 0.305 e. The number of hydrogen-bond acceptors (Lipinski definition) is 8. The van der Waals surface area contributed by atoms with Crippen LogP contribution in [0.15, 0.2) is 88.9 Å². The summed E-state index contributed by atoms with van der Waals surface area (Å²) in [5.41, 5.74) is 7.60. The Morgan fingerprint density at radius 3 is 2.15 bits per heavy atom. The van der Waals surface area contributed by atoms with Crippen molar-refractivity contribution in [1.82, 2.24) is 14.5 Å². The van der Waals surface area contributed by atoms with Gasteiger partial charge in [-0.05, 0) is 116 Å². The second kappa shape index (κ2) is 14.7. The second-order valence-electron chi connectivity index (χ2n) is 11.0. The summed E-state index contributed by atoms with van der Waals surface area (Å²) in [6.07, 6.45) is 6.75. The number of aliphatic carboxylic acids is 1. The summed E-state index contributed by atoms with van der Waals surface area (Å²) < 4.78 is 2.08. The molecule has 0 atom stereocenters. The van der Waals surface area contributed by atoms with Gasteiger partial charge in [-0.15, -0.1) is 0 Å². The maximum Gasteiger partial charge on any atom is 0.305 e. The van der Waals surface area contributed by atoms with Crippen molar-refractivity contribution in [3.8, 4) is 5.69 Å². The van der Waals surface area contributed by atoms with Crippen molar-refractivity contribution in [2.24, 2.45) is 0 Å². The Bertz CT molecular complexity index is 1990. The molecule has 0 bridgehead atoms. The van der Waals surface area contributed by atoms with E-state index >= 15 is 0 Å². The molecule has 2 aromatic heterocycles. The SMILES string of the molecule is Cc1cc(/C=C2\SC(=O)N(c3ccccc3)C2=O)c(C)n1-c1cccnc1.Cc1ccc(/C=C2\SC(=O)N(CCC(=O)O)C2=O)cc1C. The van der Waals surface area contributed by atoms with Crippen LogP contribution in [-0.2, 0) is 14.4 Å². The molecule has 0 radical (unpaired) electrons. The minimum absolute atomic E-state index is 0.0930. The van der Waals surface area contributed by atoms with Crippen LogP contribution in [-0.4, -0.2) is 54.4 Å². The van der Waals surface area contributed by atoms with Crippen LogP contribution in [0.25, 0.3) is 17.8 Å². The zero-order valence-electron chi connectivity index (χ0n) is 26.7. The highest BCUT2D eigenvalue weighted by Gasteiger charge is 2.37. The van der Waals surface area contributed by atoms with Crippen molar-refractivity contribution in [1.29, 1.82) is 0 Å². The standard InChI is InChI=1S/C21H17N3O2S.C15H15NO4S/c1-14-11-16(15(2)23(14)18-9-6-10-22-13-18)12-19-20(25)24(21(26)27-19)17-7-4-3-5-8-17;1-9-3-4-11(7-10(9)2)8-12-14(19)16(15(20)21-12)6-5-13(17)18/h3-13H,1-2H3;3-4,7-8H,5-6H2,1-2H3,(H,17,18)/b19-12-;12-8-. The Kier molecular flexibility index (Phi) is 10.5. The number of benzene rings is 2. The number of amides is 4. The molecule has 10 nitrogen and oxygen atoms in total. The first-order chi connectivity index (χ1) is 22.9. The van der Waals surface area contributed by atoms with Crippen LogP contribution < -0.4 is 4.90 Å². The van der Waals surface area contributed by atoms with Crippen LogP contribution in [0.1, 0.15) is 40.1 Å². The van der Waals surface area contributed by atoms with Crippen LogP contribution in [0.5, 0.6) is 0 Å². The van der Waals surface area contributed by atoms with E-state index in [1.165, 1.54) is 4.90 Å². The van der Waals surface area contributed by atoms with E-state index in [0.717, 1.165) is 67.8 Å². The first-order valence-corrected chi connectivity index (χ1v) is 16.5. The topological polar surface area (TPSA) is 130 Å². The average Bonchev–Trinajstić information content (AvgIpc) is 3.61. The van der Waals surface area contributed by atoms with Crippen molar-refractivity contribution >= 4 is 69.6 Å². The Morgan fingerprint density at radius 2 is 1.48 bits per heavy atom. The molecular weight excluding hydrogens is 649 g/mol. The highest BCUT2D eigenvalue weighted by Crippen LogP contribution is 2.37. The number of imide groups is 2. The number of rotatable bonds is 7. The molecule has 1 N–H and O–H groups in total. The highest BCUT2D eigenvalue weighted by atomic mass is 32.2. The molecule has 4 heterocycles. The first-order valence-electron chi connectivity index (χ1n) is 14.9. The highest BCUT2D eigenvalue weighted by molar-refractivity contribution is 8.19. The molecule has 0 spiro atoms. The maximum atomic E-state index is 12.8. The molecule has 12 heteroatoms. The molecule has 2 aliphatic rings. The predicted molar refractivity (Wildman–Crippen MR) is 189 cm³/mol. The molecule has 48 heavy (non-hydrogen) atoms. The van der Waals surface area contributed by atoms with Gasteiger partial charge in [-0.2, -0.15) is 0 Å². The lowest BCUT2D eigenvalue weighted by molar-refractivity contribution is -0.137. The predicted octanol–water partition coefficient (Wildman–Crippen LogP) is 7.54. The van der Waals surface area contributed by atoms with E-state index in [0.29, 0.717) is 15.5 Å². The van der Waals surface area contributed by atoms with Crippen molar-refractivity contribution in [3.05, 3.63) is 123 Å². The Hall–Kier alpha value is -5.20. The molecule has 2 aromatic carbocycles. The van der Waals surface area contributed by atoms with Crippen molar-refractivity contribution < 1.29 is 29.1 Å². The lowest BCUT2D eigenvalue weighted by atomic mass is 10.1. The number of aryl methyl sites for hydroxylation is 3. The number of carbonyl (C=O) groups excluding carboxylic acids is 4. The van der Waals surface area contributed by atoms with Crippen LogP contribution in [0, 0.1) is 27.7 Å². The van der Waals surface area contributed by atoms with Crippen molar-refractivity contribution in [2.45, 2.75) is 34.1 Å². The second-order valence-corrected chi connectivity index (χ2v) is 13.0. The van der Waals surface area contributed by atoms with E-state index in [4.69, 9.17) is 5.11 Å². The minimum Gasteiger partial charge on any atom is -0.481 e. The third-order valence-corrected chi connectivity index (χ3v) is 9.50. The summed E-state index contributed by atoms with van der Waals surface area (Å²) >= 11 is 1.81. The van der Waals surface area contributed by atoms with Crippen LogP contribution in [0.4, 0.5) is 15.3 Å². The molecule has 0 unspecified atom stereocenters. The Balaban J connectivity index is 0.000000194. The number of carbonyl (C=O) groups is 5. The van der Waals surface area contributed by atoms with E-state index in [9.17, 15) is 24.0 Å². The monoisotopic (exact) mass is 680 g/mol. The molecule has 2 saturated heterocycles. The lowest BCUT2D eigenvalue weighted by Gasteiger charge is -2.11. The number of aromatic nitrogens is 2. The van der Waals surface area contributed by atoms with Gasteiger partial charge in [0.2, 0.25) is 0 Å². The molecule has 6 rings (SSSR count). The molecule has 4 aromatic rings. The summed E-state index contributed by atoms with van der Waals surface area (Å²) in [5, 5.41) is 7.93. The van der Waals surface area contributed by atoms with Gasteiger partial charge in [-0.1, -0.05) is 36.4 Å². The van der Waals surface area contributed by atoms with Crippen molar-refractivity contribution in [3.63, 3.8) is 0 Å². The number of anilines is 1. The molecule has 0 saturated carbocycles. The molecule has 244 valence electrons. The third-order valence-electron chi connectivity index (χ3n) is 7.72. The first kappa shape index (κ1) is 34.1. The summed E-state index contributed by atoms with van der Waals surface area (Å²) in [6, 6.07) is 20.7. The van der Waals surface area contributed by atoms with Crippen molar-refractivity contribution in [2.75, 3.05) is 11.4 Å². The van der Waals surface area contributed by atoms with Gasteiger partial charge < -0.3 is 9.67 Å². The molecule has 2 fully saturated rings. The fraction of sp³-hybridized carbons (Fsp3) is 0.167. The lowest BCUT2D eigenvalue weighted by Crippen LogP contribution is -2.30. The van der Waals surface area contributed by atoms with E-state index in [1.807, 2.05) is 82.3 Å². The van der Waals surface area contributed by atoms with Gasteiger partial charge in [0.25, 0.3) is 22.3 Å². The van der Waals surface area contributed by atoms with Gasteiger partial charge in [0.05, 0.1) is 33.8 Å². The number of pyridine rings is 1. The third kappa shape index (κ3) is 7.50. The van der Waals surface area contributed by atoms with Gasteiger partial charge in [0.15, 0.2) is 0 Å². The van der Waals surface area contributed by atoms with E-state index in [-0.39, 0.29) is 24.1 Å². The maximum absolute atomic E-state index is 12.8. The number of hydrogen-bond donors (Lipinski definition) is 1. The number of carboxylic acids is 1. The molecule has 0 aliphatic carbocycles. The quantitative estimate of drug-likeness (QED) is 0.197. The molecule has 2 aliphatic heterocycles. The van der Waals surface area contributed by atoms with E-state index in [2.05, 4.69) is 9.55 Å². The number of thioether (sulfide) groups is 2. The number of para-hydroxylation sites is 1. The van der Waals surface area contributed by atoms with Gasteiger partial charge in [0.1, 0.15) is 0 Å². The largest absolute Gasteiger partial charge is 0.481 e. The fourth-order valence-corrected chi connectivity index (χ4v) is 6.83. The van der Waals surface area contributed by atoms with E-state index < -0.39 is 17.1 Å². The number of carboxylic acid groups (broad SMARTS) is 1. The summed E-state index contributed by atoms with van der Waals surface area (Å²) in [7, 11) is 0. The Labute approximate surface area is 286 Å². The fourth-order valence-electron chi connectivity index (χ4n) is 5.13. The van der Waals surface area contributed by atoms with Gasteiger partial charge >= 0.3 is 5.97 Å². The van der Waals surface area contributed by atoms with Gasteiger partial charge in [0, 0.05) is 24.1 Å². The molecule has 4 amide bonds. The van der Waals surface area contributed by atoms with Crippen LogP contribution in [0.3, 0.4) is 0 Å². The minimum atomic E-state index is -1.04. The average molecular weight is 681 g/mol. The Morgan fingerprint density at radius 1 is 0.792 bits per heavy atom. The summed E-state index contributed by atoms with van der Waals surface area (Å²) in [6.45, 7) is 7.88. The molecular formula is C36H32N4O6S2. The normalized spacial score (nSPS) is 16.2. The van der Waals surface area contributed by atoms with Crippen LogP contribution >= 0.6 is 23.5 Å². The summed E-state index contributed by atoms with van der Waals surface area (Å²) in [4.78, 5) is 66.7. The zero-order chi connectivity index (χ0) is 34.5. The zero-order valence-corrected chi connectivity index (χ0v) is 28.3. The van der Waals surface area contributed by atoms with Gasteiger partial charge in [-0.25, -0.2) is 4.90 Å². The number of nitrogens with zero attached hydrogens (tertiary/aromatic N) is 4. The van der Waals surface area contributed by atoms with E-state index in [1.54, 1.807) is 36.7 Å².